The third-order valence-electron chi connectivity index (χ3n) is 2.80. The summed E-state index contributed by atoms with van der Waals surface area (Å²) in [6.45, 7) is 0. The summed E-state index contributed by atoms with van der Waals surface area (Å²) in [5.41, 5.74) is 1.65. The Bertz CT molecular complexity index is 775. The maximum atomic E-state index is 12.0. The highest BCUT2D eigenvalue weighted by Crippen LogP contribution is 2.24. The number of halogens is 1. The number of hydrogen-bond donors (Lipinski definition) is 0. The van der Waals surface area contributed by atoms with E-state index in [0.29, 0.717) is 10.9 Å². The molecule has 0 unspecified atom stereocenters. The number of pyridine rings is 1. The van der Waals surface area contributed by atoms with E-state index in [4.69, 9.17) is 16.0 Å². The Morgan fingerprint density at radius 2 is 1.82 bits per heavy atom. The first kappa shape index (κ1) is 14.7. The smallest absolute Gasteiger partial charge is 0.284 e. The van der Waals surface area contributed by atoms with E-state index in [2.05, 4.69) is 15.2 Å². The van der Waals surface area contributed by atoms with E-state index in [1.54, 1.807) is 36.7 Å². The number of rotatable bonds is 4. The zero-order valence-electron chi connectivity index (χ0n) is 11.3. The molecule has 0 aliphatic heterocycles. The SMILES string of the molecule is O=C(Cc1ccc(Cl)cc1)Sc1nnc(-c2ccncc2)o1. The zero-order valence-corrected chi connectivity index (χ0v) is 12.8. The molecule has 0 radical (unpaired) electrons. The first-order valence-electron chi connectivity index (χ1n) is 6.40. The molecule has 22 heavy (non-hydrogen) atoms. The Balaban J connectivity index is 1.65. The van der Waals surface area contributed by atoms with Crippen LogP contribution in [0.25, 0.3) is 11.5 Å². The minimum Gasteiger partial charge on any atom is -0.411 e. The molecule has 5 nitrogen and oxygen atoms in total. The summed E-state index contributed by atoms with van der Waals surface area (Å²) < 4.78 is 5.47. The summed E-state index contributed by atoms with van der Waals surface area (Å²) in [6.07, 6.45) is 3.55. The third kappa shape index (κ3) is 3.72. The Morgan fingerprint density at radius 3 is 2.55 bits per heavy atom. The normalized spacial score (nSPS) is 10.6. The highest BCUT2D eigenvalue weighted by molar-refractivity contribution is 8.13. The van der Waals surface area contributed by atoms with Gasteiger partial charge in [0.15, 0.2) is 0 Å². The molecule has 0 bridgehead atoms. The van der Waals surface area contributed by atoms with Crippen LogP contribution in [-0.2, 0) is 11.2 Å². The van der Waals surface area contributed by atoms with E-state index in [0.717, 1.165) is 22.9 Å². The van der Waals surface area contributed by atoms with E-state index in [9.17, 15) is 4.79 Å². The van der Waals surface area contributed by atoms with Gasteiger partial charge in [-0.25, -0.2) is 0 Å². The van der Waals surface area contributed by atoms with Crippen molar-refractivity contribution >= 4 is 28.5 Å². The van der Waals surface area contributed by atoms with E-state index in [-0.39, 0.29) is 16.8 Å². The number of nitrogens with zero attached hydrogens (tertiary/aromatic N) is 3. The average molecular weight is 332 g/mol. The van der Waals surface area contributed by atoms with Gasteiger partial charge in [-0.2, -0.15) is 0 Å². The number of benzene rings is 1. The number of aromatic nitrogens is 3. The minimum atomic E-state index is -0.0766. The molecule has 0 atom stereocenters. The maximum absolute atomic E-state index is 12.0. The molecule has 0 saturated heterocycles. The maximum Gasteiger partial charge on any atom is 0.284 e. The van der Waals surface area contributed by atoms with Gasteiger partial charge in [-0.05, 0) is 29.8 Å². The summed E-state index contributed by atoms with van der Waals surface area (Å²) in [6, 6.07) is 10.7. The van der Waals surface area contributed by atoms with Crippen molar-refractivity contribution in [2.24, 2.45) is 0 Å². The van der Waals surface area contributed by atoms with Crippen LogP contribution in [0.3, 0.4) is 0 Å². The summed E-state index contributed by atoms with van der Waals surface area (Å²) in [5.74, 6) is 0.365. The molecule has 0 saturated carbocycles. The summed E-state index contributed by atoms with van der Waals surface area (Å²) >= 11 is 6.74. The number of thioether (sulfide) groups is 1. The fourth-order valence-corrected chi connectivity index (χ4v) is 2.53. The van der Waals surface area contributed by atoms with Gasteiger partial charge in [-0.15, -0.1) is 10.2 Å². The molecule has 0 amide bonds. The second kappa shape index (κ2) is 6.72. The molecular weight excluding hydrogens is 322 g/mol. The van der Waals surface area contributed by atoms with Crippen molar-refractivity contribution in [1.82, 2.24) is 15.2 Å². The highest BCUT2D eigenvalue weighted by Gasteiger charge is 2.13. The van der Waals surface area contributed by atoms with Gasteiger partial charge in [-0.1, -0.05) is 23.7 Å². The van der Waals surface area contributed by atoms with E-state index < -0.39 is 0 Å². The Hall–Kier alpha value is -2.18. The van der Waals surface area contributed by atoms with Gasteiger partial charge in [0.2, 0.25) is 11.0 Å². The van der Waals surface area contributed by atoms with Crippen molar-refractivity contribution in [1.29, 1.82) is 0 Å². The molecule has 7 heteroatoms. The summed E-state index contributed by atoms with van der Waals surface area (Å²) in [7, 11) is 0. The van der Waals surface area contributed by atoms with Crippen molar-refractivity contribution in [3.8, 4) is 11.5 Å². The third-order valence-corrected chi connectivity index (χ3v) is 3.76. The van der Waals surface area contributed by atoms with Crippen molar-refractivity contribution in [3.05, 3.63) is 59.4 Å². The fraction of sp³-hybridized carbons (Fsp3) is 0.0667. The molecule has 0 aliphatic rings. The monoisotopic (exact) mass is 331 g/mol. The number of hydrogen-bond acceptors (Lipinski definition) is 6. The molecular formula is C15H10ClN3O2S. The molecule has 1 aromatic carbocycles. The van der Waals surface area contributed by atoms with Gasteiger partial charge in [0.25, 0.3) is 5.22 Å². The molecule has 3 aromatic rings. The van der Waals surface area contributed by atoms with Crippen LogP contribution < -0.4 is 0 Å². The lowest BCUT2D eigenvalue weighted by atomic mass is 10.2. The molecule has 2 heterocycles. The summed E-state index contributed by atoms with van der Waals surface area (Å²) in [5, 5.41) is 8.59. The van der Waals surface area contributed by atoms with Gasteiger partial charge in [0, 0.05) is 41.2 Å². The zero-order chi connectivity index (χ0) is 15.4. The largest absolute Gasteiger partial charge is 0.411 e. The van der Waals surface area contributed by atoms with Crippen LogP contribution in [0.5, 0.6) is 0 Å². The van der Waals surface area contributed by atoms with Crippen molar-refractivity contribution in [2.75, 3.05) is 0 Å². The van der Waals surface area contributed by atoms with Crippen LogP contribution >= 0.6 is 23.4 Å². The van der Waals surface area contributed by atoms with Crippen LogP contribution in [0.4, 0.5) is 0 Å². The highest BCUT2D eigenvalue weighted by atomic mass is 35.5. The predicted octanol–water partition coefficient (Wildman–Crippen LogP) is 3.65. The van der Waals surface area contributed by atoms with E-state index in [1.807, 2.05) is 12.1 Å². The number of carbonyl (C=O) groups is 1. The fourth-order valence-electron chi connectivity index (χ4n) is 1.76. The van der Waals surface area contributed by atoms with Gasteiger partial charge < -0.3 is 4.42 Å². The Kier molecular flexibility index (Phi) is 4.50. The molecule has 110 valence electrons. The number of carbonyl (C=O) groups excluding carboxylic acids is 1. The Morgan fingerprint density at radius 1 is 1.09 bits per heavy atom. The van der Waals surface area contributed by atoms with Crippen molar-refractivity contribution in [2.45, 2.75) is 11.6 Å². The van der Waals surface area contributed by atoms with Gasteiger partial charge in [0.1, 0.15) is 0 Å². The van der Waals surface area contributed by atoms with Crippen LogP contribution in [0.2, 0.25) is 5.02 Å². The Labute approximate surface area is 135 Å². The van der Waals surface area contributed by atoms with Gasteiger partial charge in [0.05, 0.1) is 0 Å². The van der Waals surface area contributed by atoms with Crippen LogP contribution in [0.1, 0.15) is 5.56 Å². The summed E-state index contributed by atoms with van der Waals surface area (Å²) in [4.78, 5) is 15.9. The second-order valence-electron chi connectivity index (χ2n) is 4.39. The average Bonchev–Trinajstić information content (AvgIpc) is 2.99. The van der Waals surface area contributed by atoms with Crippen molar-refractivity contribution < 1.29 is 9.21 Å². The lowest BCUT2D eigenvalue weighted by Gasteiger charge is -1.98. The van der Waals surface area contributed by atoms with Crippen LogP contribution in [-0.4, -0.2) is 20.3 Å². The van der Waals surface area contributed by atoms with Crippen molar-refractivity contribution in [3.63, 3.8) is 0 Å². The molecule has 3 rings (SSSR count). The van der Waals surface area contributed by atoms with Gasteiger partial charge >= 0.3 is 0 Å². The lowest BCUT2D eigenvalue weighted by molar-refractivity contribution is -0.110. The van der Waals surface area contributed by atoms with Gasteiger partial charge in [-0.3, -0.25) is 9.78 Å². The van der Waals surface area contributed by atoms with E-state index >= 15 is 0 Å². The quantitative estimate of drug-likeness (QED) is 0.680. The lowest BCUT2D eigenvalue weighted by Crippen LogP contribution is -1.97. The molecule has 0 fully saturated rings. The first-order valence-corrected chi connectivity index (χ1v) is 7.59. The minimum absolute atomic E-state index is 0.0766. The van der Waals surface area contributed by atoms with E-state index in [1.165, 1.54) is 0 Å². The topological polar surface area (TPSA) is 68.9 Å². The predicted molar refractivity (Wildman–Crippen MR) is 83.5 cm³/mol. The molecule has 0 aliphatic carbocycles. The van der Waals surface area contributed by atoms with Crippen LogP contribution in [0, 0.1) is 0 Å². The standard InChI is InChI=1S/C15H10ClN3O2S/c16-12-3-1-10(2-4-12)9-13(20)22-15-19-18-14(21-15)11-5-7-17-8-6-11/h1-8H,9H2. The molecule has 0 spiro atoms. The second-order valence-corrected chi connectivity index (χ2v) is 5.83. The molecule has 0 N–H and O–H groups in total. The first-order chi connectivity index (χ1) is 10.7. The molecule has 2 aromatic heterocycles. The van der Waals surface area contributed by atoms with Crippen LogP contribution in [0.15, 0.2) is 58.4 Å².